The summed E-state index contributed by atoms with van der Waals surface area (Å²) in [6.07, 6.45) is -4.85. The minimum absolute atomic E-state index is 0.134. The number of ether oxygens (including phenoxy) is 1. The van der Waals surface area contributed by atoms with Crippen LogP contribution in [-0.4, -0.2) is 33.9 Å². The summed E-state index contributed by atoms with van der Waals surface area (Å²) < 4.78 is 66.0. The fourth-order valence-electron chi connectivity index (χ4n) is 2.05. The van der Waals surface area contributed by atoms with Crippen molar-refractivity contribution in [2.24, 2.45) is 0 Å². The number of aryl methyl sites for hydroxylation is 1. The number of nitrogens with zero attached hydrogens (tertiary/aromatic N) is 2. The number of aromatic nitrogens is 1. The second-order valence-corrected chi connectivity index (χ2v) is 7.32. The summed E-state index contributed by atoms with van der Waals surface area (Å²) in [5.41, 5.74) is 6.43. The molecule has 136 valence electrons. The summed E-state index contributed by atoms with van der Waals surface area (Å²) >= 11 is 0. The van der Waals surface area contributed by atoms with Gasteiger partial charge in [0.05, 0.1) is 16.3 Å². The monoisotopic (exact) mass is 375 g/mol. The molecule has 0 bridgehead atoms. The summed E-state index contributed by atoms with van der Waals surface area (Å²) in [7, 11) is -0.791. The number of halogens is 3. The van der Waals surface area contributed by atoms with Gasteiger partial charge in [0.25, 0.3) is 0 Å². The minimum Gasteiger partial charge on any atom is -0.406 e. The van der Waals surface area contributed by atoms with Gasteiger partial charge in [0.15, 0.2) is 0 Å². The molecule has 1 heterocycles. The lowest BCUT2D eigenvalue weighted by Crippen LogP contribution is -2.18. The Kier molecular flexibility index (Phi) is 4.85. The lowest BCUT2D eigenvalue weighted by Gasteiger charge is -2.18. The van der Waals surface area contributed by atoms with Gasteiger partial charge in [0.1, 0.15) is 16.5 Å². The zero-order valence-electron chi connectivity index (χ0n) is 13.6. The van der Waals surface area contributed by atoms with Crippen molar-refractivity contribution in [3.63, 3.8) is 0 Å². The van der Waals surface area contributed by atoms with Crippen molar-refractivity contribution in [3.8, 4) is 5.75 Å². The highest BCUT2D eigenvalue weighted by Crippen LogP contribution is 2.32. The van der Waals surface area contributed by atoms with E-state index in [-0.39, 0.29) is 21.3 Å². The molecule has 0 atom stereocenters. The Bertz CT molecular complexity index is 879. The number of hydrogen-bond acceptors (Lipinski definition) is 6. The predicted octanol–water partition coefficient (Wildman–Crippen LogP) is 2.77. The van der Waals surface area contributed by atoms with Crippen LogP contribution in [0.2, 0.25) is 0 Å². The van der Waals surface area contributed by atoms with E-state index in [1.807, 2.05) is 0 Å². The third-order valence-electron chi connectivity index (χ3n) is 3.28. The molecule has 0 aliphatic carbocycles. The van der Waals surface area contributed by atoms with Crippen LogP contribution in [0.25, 0.3) is 0 Å². The fourth-order valence-corrected chi connectivity index (χ4v) is 3.55. The van der Waals surface area contributed by atoms with E-state index in [9.17, 15) is 21.6 Å². The molecule has 0 aliphatic heterocycles. The van der Waals surface area contributed by atoms with Crippen LogP contribution >= 0.6 is 0 Å². The topological polar surface area (TPSA) is 85.5 Å². The Morgan fingerprint density at radius 1 is 1.16 bits per heavy atom. The summed E-state index contributed by atoms with van der Waals surface area (Å²) in [6, 6.07) is 5.21. The van der Waals surface area contributed by atoms with E-state index >= 15 is 0 Å². The van der Waals surface area contributed by atoms with Crippen LogP contribution in [0.3, 0.4) is 0 Å². The second-order valence-electron chi connectivity index (χ2n) is 5.40. The average Bonchev–Trinajstić information content (AvgIpc) is 2.48. The molecule has 1 aromatic heterocycles. The lowest BCUT2D eigenvalue weighted by molar-refractivity contribution is -0.274. The SMILES string of the molecule is Cc1nc(N(C)C)c(S(=O)(=O)c2ccc(OC(F)(F)F)cc2)cc1N. The number of benzene rings is 1. The molecule has 0 amide bonds. The van der Waals surface area contributed by atoms with E-state index in [0.29, 0.717) is 5.69 Å². The van der Waals surface area contributed by atoms with Gasteiger partial charge >= 0.3 is 6.36 Å². The summed E-state index contributed by atoms with van der Waals surface area (Å²) in [4.78, 5) is 5.36. The second kappa shape index (κ2) is 6.43. The number of rotatable bonds is 4. The summed E-state index contributed by atoms with van der Waals surface area (Å²) in [6.45, 7) is 1.64. The van der Waals surface area contributed by atoms with Gasteiger partial charge in [-0.25, -0.2) is 13.4 Å². The Hall–Kier alpha value is -2.49. The molecule has 0 spiro atoms. The van der Waals surface area contributed by atoms with Crippen LogP contribution in [0, 0.1) is 6.92 Å². The Balaban J connectivity index is 2.51. The first-order valence-corrected chi connectivity index (χ1v) is 8.45. The Morgan fingerprint density at radius 3 is 2.20 bits per heavy atom. The van der Waals surface area contributed by atoms with Gasteiger partial charge in [0.2, 0.25) is 9.84 Å². The quantitative estimate of drug-likeness (QED) is 0.884. The number of anilines is 2. The van der Waals surface area contributed by atoms with E-state index < -0.39 is 21.9 Å². The first-order valence-electron chi connectivity index (χ1n) is 6.97. The van der Waals surface area contributed by atoms with Crippen LogP contribution in [-0.2, 0) is 9.84 Å². The molecule has 0 aliphatic rings. The van der Waals surface area contributed by atoms with Gasteiger partial charge in [-0.05, 0) is 37.3 Å². The van der Waals surface area contributed by atoms with Crippen molar-refractivity contribution < 1.29 is 26.3 Å². The molecule has 6 nitrogen and oxygen atoms in total. The molecule has 0 unspecified atom stereocenters. The molecule has 2 rings (SSSR count). The van der Waals surface area contributed by atoms with Gasteiger partial charge in [-0.1, -0.05) is 0 Å². The number of hydrogen-bond donors (Lipinski definition) is 1. The Labute approximate surface area is 143 Å². The van der Waals surface area contributed by atoms with Crippen LogP contribution in [0.5, 0.6) is 5.75 Å². The van der Waals surface area contributed by atoms with E-state index in [4.69, 9.17) is 5.73 Å². The van der Waals surface area contributed by atoms with Crippen molar-refractivity contribution >= 4 is 21.3 Å². The van der Waals surface area contributed by atoms with Crippen molar-refractivity contribution in [3.05, 3.63) is 36.0 Å². The predicted molar refractivity (Wildman–Crippen MR) is 86.3 cm³/mol. The van der Waals surface area contributed by atoms with Crippen molar-refractivity contribution in [1.29, 1.82) is 0 Å². The molecule has 0 saturated carbocycles. The zero-order valence-corrected chi connectivity index (χ0v) is 14.4. The molecule has 2 aromatic rings. The van der Waals surface area contributed by atoms with Crippen LogP contribution in [0.1, 0.15) is 5.69 Å². The maximum absolute atomic E-state index is 12.8. The van der Waals surface area contributed by atoms with Gasteiger partial charge in [0, 0.05) is 14.1 Å². The molecule has 1 aromatic carbocycles. The molecule has 0 fully saturated rings. The van der Waals surface area contributed by atoms with Crippen molar-refractivity contribution in [1.82, 2.24) is 4.98 Å². The molecule has 0 saturated heterocycles. The van der Waals surface area contributed by atoms with Gasteiger partial charge in [-0.3, -0.25) is 0 Å². The molecule has 2 N–H and O–H groups in total. The first-order chi connectivity index (χ1) is 11.4. The Morgan fingerprint density at radius 2 is 1.72 bits per heavy atom. The number of nitrogens with two attached hydrogens (primary N) is 1. The van der Waals surface area contributed by atoms with Crippen LogP contribution in [0.15, 0.2) is 40.1 Å². The highest BCUT2D eigenvalue weighted by atomic mass is 32.2. The highest BCUT2D eigenvalue weighted by molar-refractivity contribution is 7.91. The smallest absolute Gasteiger partial charge is 0.406 e. The molecular formula is C15H16F3N3O3S. The standard InChI is InChI=1S/C15H16F3N3O3S/c1-9-12(19)8-13(14(20-9)21(2)3)25(22,23)11-6-4-10(5-7-11)24-15(16,17)18/h4-8H,19H2,1-3H3. The maximum Gasteiger partial charge on any atom is 0.573 e. The van der Waals surface area contributed by atoms with E-state index in [1.165, 1.54) is 11.0 Å². The normalized spacial score (nSPS) is 12.1. The van der Waals surface area contributed by atoms with Crippen LogP contribution < -0.4 is 15.4 Å². The number of alkyl halides is 3. The van der Waals surface area contributed by atoms with Gasteiger partial charge in [-0.2, -0.15) is 0 Å². The fraction of sp³-hybridized carbons (Fsp3) is 0.267. The molecule has 0 radical (unpaired) electrons. The largest absolute Gasteiger partial charge is 0.573 e. The van der Waals surface area contributed by atoms with E-state index in [1.54, 1.807) is 21.0 Å². The van der Waals surface area contributed by atoms with Crippen molar-refractivity contribution in [2.75, 3.05) is 24.7 Å². The highest BCUT2D eigenvalue weighted by Gasteiger charge is 2.31. The first kappa shape index (κ1) is 18.8. The molecule has 25 heavy (non-hydrogen) atoms. The van der Waals surface area contributed by atoms with Gasteiger partial charge < -0.3 is 15.4 Å². The van der Waals surface area contributed by atoms with Crippen molar-refractivity contribution in [2.45, 2.75) is 23.1 Å². The summed E-state index contributed by atoms with van der Waals surface area (Å²) in [5.74, 6) is -0.330. The zero-order chi connectivity index (χ0) is 19.0. The van der Waals surface area contributed by atoms with Gasteiger partial charge in [-0.15, -0.1) is 13.2 Å². The number of sulfone groups is 1. The number of pyridine rings is 1. The lowest BCUT2D eigenvalue weighted by atomic mass is 10.3. The minimum atomic E-state index is -4.85. The average molecular weight is 375 g/mol. The van der Waals surface area contributed by atoms with Crippen LogP contribution in [0.4, 0.5) is 24.7 Å². The summed E-state index contributed by atoms with van der Waals surface area (Å²) in [5, 5.41) is 0. The number of nitrogen functional groups attached to an aromatic ring is 1. The van der Waals surface area contributed by atoms with E-state index in [0.717, 1.165) is 24.3 Å². The third kappa shape index (κ3) is 4.13. The molecular weight excluding hydrogens is 359 g/mol. The molecule has 10 heteroatoms. The van der Waals surface area contributed by atoms with E-state index in [2.05, 4.69) is 9.72 Å². The third-order valence-corrected chi connectivity index (χ3v) is 5.05. The maximum atomic E-state index is 12.8.